The second kappa shape index (κ2) is 13.1. The molecule has 6 nitrogen and oxygen atoms in total. The second-order valence-electron chi connectivity index (χ2n) is 16.3. The van der Waals surface area contributed by atoms with Gasteiger partial charge in [0.05, 0.1) is 37.1 Å². The Morgan fingerprint density at radius 1 is 0.930 bits per heavy atom. The van der Waals surface area contributed by atoms with E-state index in [0.29, 0.717) is 25.4 Å². The lowest BCUT2D eigenvalue weighted by Crippen LogP contribution is -2.58. The van der Waals surface area contributed by atoms with Crippen LogP contribution in [-0.4, -0.2) is 74.0 Å². The molecule has 9 heteroatoms. The Bertz CT molecular complexity index is 1190. The first-order chi connectivity index (χ1) is 19.7. The highest BCUT2D eigenvalue weighted by atomic mass is 28.4. The van der Waals surface area contributed by atoms with Crippen LogP contribution in [0.1, 0.15) is 55.1 Å². The van der Waals surface area contributed by atoms with E-state index in [1.54, 1.807) is 0 Å². The molecule has 0 aromatic heterocycles. The summed E-state index contributed by atoms with van der Waals surface area (Å²) in [6.07, 6.45) is 2.44. The van der Waals surface area contributed by atoms with Gasteiger partial charge in [0, 0.05) is 35.5 Å². The summed E-state index contributed by atoms with van der Waals surface area (Å²) in [4.78, 5) is 13.5. The maximum absolute atomic E-state index is 13.5. The SMILES string of the molecule is CC(C[C@@H]1OC[C@H](C[C@@H]2O[C@H]2[C@H](C)[C@H](C)O[Si](C)(C)C)[C@@H](O[Si](C)(C)C)[C@@H]1O[Si](C)(C)C)=C1Cc2cccc(C)c2C1=O. The standard InChI is InChI=1S/C34H58O6Si3/c1-21-15-14-16-25-18-27(31(35)30(21)25)22(2)17-28-34(40-43(11,12)13)33(39-42(8,9)10)26(20-36-28)19-29-32(37-29)23(3)24(4)38-41(5,6)7/h14-16,23-24,26,28-29,32-34H,17-20H2,1-13H3/t23-,24+,26+,28+,29+,32+,33-,34-/m1/s1. The predicted molar refractivity (Wildman–Crippen MR) is 183 cm³/mol. The molecular weight excluding hydrogens is 589 g/mol. The third-order valence-corrected chi connectivity index (χ3v) is 11.9. The predicted octanol–water partition coefficient (Wildman–Crippen LogP) is 7.93. The van der Waals surface area contributed by atoms with Crippen LogP contribution in [0, 0.1) is 18.8 Å². The highest BCUT2D eigenvalue weighted by Gasteiger charge is 2.51. The molecule has 0 bridgehead atoms. The van der Waals surface area contributed by atoms with E-state index in [4.69, 9.17) is 22.8 Å². The third kappa shape index (κ3) is 9.09. The second-order valence-corrected chi connectivity index (χ2v) is 29.7. The number of rotatable bonds is 12. The summed E-state index contributed by atoms with van der Waals surface area (Å²) < 4.78 is 33.4. The van der Waals surface area contributed by atoms with Crippen LogP contribution < -0.4 is 0 Å². The molecule has 1 aliphatic carbocycles. The Morgan fingerprint density at radius 3 is 2.14 bits per heavy atom. The summed E-state index contributed by atoms with van der Waals surface area (Å²) in [6.45, 7) is 29.5. The number of fused-ring (bicyclic) bond motifs is 1. The highest BCUT2D eigenvalue weighted by molar-refractivity contribution is 6.70. The van der Waals surface area contributed by atoms with Crippen LogP contribution in [0.5, 0.6) is 0 Å². The van der Waals surface area contributed by atoms with Crippen molar-refractivity contribution in [2.24, 2.45) is 11.8 Å². The van der Waals surface area contributed by atoms with Gasteiger partial charge in [-0.25, -0.2) is 0 Å². The van der Waals surface area contributed by atoms with Crippen molar-refractivity contribution in [3.63, 3.8) is 0 Å². The Balaban J connectivity index is 1.54. The summed E-state index contributed by atoms with van der Waals surface area (Å²) in [5.41, 5.74) is 5.10. The number of hydrogen-bond acceptors (Lipinski definition) is 6. The van der Waals surface area contributed by atoms with Crippen molar-refractivity contribution in [2.45, 2.75) is 143 Å². The van der Waals surface area contributed by atoms with E-state index in [1.807, 2.05) is 13.0 Å². The van der Waals surface area contributed by atoms with Crippen molar-refractivity contribution in [1.29, 1.82) is 0 Å². The van der Waals surface area contributed by atoms with Crippen molar-refractivity contribution in [3.8, 4) is 0 Å². The molecule has 8 atom stereocenters. The van der Waals surface area contributed by atoms with Crippen LogP contribution in [0.3, 0.4) is 0 Å². The third-order valence-electron chi connectivity index (χ3n) is 8.86. The fraction of sp³-hybridized carbons (Fsp3) is 0.735. The number of ether oxygens (including phenoxy) is 2. The molecule has 0 saturated carbocycles. The van der Waals surface area contributed by atoms with E-state index >= 15 is 0 Å². The first-order valence-corrected chi connectivity index (χ1v) is 26.6. The smallest absolute Gasteiger partial charge is 0.189 e. The number of aryl methyl sites for hydroxylation is 1. The van der Waals surface area contributed by atoms with E-state index in [-0.39, 0.29) is 48.3 Å². The number of hydrogen-bond donors (Lipinski definition) is 0. The Labute approximate surface area is 264 Å². The maximum atomic E-state index is 13.5. The molecule has 0 spiro atoms. The molecule has 43 heavy (non-hydrogen) atoms. The van der Waals surface area contributed by atoms with Crippen molar-refractivity contribution in [2.75, 3.05) is 6.61 Å². The molecule has 2 aliphatic heterocycles. The lowest BCUT2D eigenvalue weighted by atomic mass is 9.85. The van der Waals surface area contributed by atoms with Gasteiger partial charge in [0.1, 0.15) is 0 Å². The lowest BCUT2D eigenvalue weighted by molar-refractivity contribution is -0.152. The molecule has 0 amide bonds. The molecule has 4 rings (SSSR count). The van der Waals surface area contributed by atoms with E-state index < -0.39 is 25.0 Å². The van der Waals surface area contributed by atoms with Gasteiger partial charge in [-0.05, 0) is 104 Å². The molecule has 2 saturated heterocycles. The van der Waals surface area contributed by atoms with Gasteiger partial charge in [-0.15, -0.1) is 0 Å². The lowest BCUT2D eigenvalue weighted by Gasteiger charge is -2.47. The molecular formula is C34H58O6Si3. The van der Waals surface area contributed by atoms with Crippen LogP contribution in [0.25, 0.3) is 0 Å². The van der Waals surface area contributed by atoms with E-state index in [1.165, 1.54) is 0 Å². The monoisotopic (exact) mass is 646 g/mol. The van der Waals surface area contributed by atoms with Gasteiger partial charge in [-0.1, -0.05) is 30.7 Å². The van der Waals surface area contributed by atoms with Crippen LogP contribution in [-0.2, 0) is 29.2 Å². The molecule has 1 aromatic carbocycles. The van der Waals surface area contributed by atoms with Gasteiger partial charge in [-0.2, -0.15) is 0 Å². The Morgan fingerprint density at radius 2 is 1.56 bits per heavy atom. The topological polar surface area (TPSA) is 66.5 Å². The van der Waals surface area contributed by atoms with Crippen LogP contribution in [0.2, 0.25) is 58.9 Å². The fourth-order valence-electron chi connectivity index (χ4n) is 6.85. The maximum Gasteiger partial charge on any atom is 0.189 e. The number of benzene rings is 1. The highest BCUT2D eigenvalue weighted by Crippen LogP contribution is 2.42. The summed E-state index contributed by atoms with van der Waals surface area (Å²) in [6, 6.07) is 6.17. The van der Waals surface area contributed by atoms with Crippen molar-refractivity contribution < 1.29 is 27.5 Å². The quantitative estimate of drug-likeness (QED) is 0.131. The summed E-state index contributed by atoms with van der Waals surface area (Å²) in [5, 5.41) is 0. The van der Waals surface area contributed by atoms with E-state index in [0.717, 1.165) is 34.3 Å². The van der Waals surface area contributed by atoms with Crippen LogP contribution >= 0.6 is 0 Å². The largest absolute Gasteiger partial charge is 0.415 e. The zero-order valence-electron chi connectivity index (χ0n) is 29.1. The minimum atomic E-state index is -1.95. The van der Waals surface area contributed by atoms with Gasteiger partial charge in [0.25, 0.3) is 0 Å². The number of allylic oxidation sites excluding steroid dienone is 1. The van der Waals surface area contributed by atoms with Crippen molar-refractivity contribution in [3.05, 3.63) is 46.0 Å². The van der Waals surface area contributed by atoms with E-state index in [9.17, 15) is 4.79 Å². The minimum absolute atomic E-state index is 0.0653. The normalized spacial score (nSPS) is 30.7. The van der Waals surface area contributed by atoms with Crippen LogP contribution in [0.15, 0.2) is 29.3 Å². The number of epoxide rings is 1. The molecule has 0 N–H and O–H groups in total. The summed E-state index contributed by atoms with van der Waals surface area (Å²) in [7, 11) is -5.49. The number of ketones is 1. The van der Waals surface area contributed by atoms with Gasteiger partial charge in [0.2, 0.25) is 0 Å². The fourth-order valence-corrected chi connectivity index (χ4v) is 10.4. The first-order valence-electron chi connectivity index (χ1n) is 16.4. The van der Waals surface area contributed by atoms with Gasteiger partial charge < -0.3 is 22.8 Å². The zero-order valence-corrected chi connectivity index (χ0v) is 32.1. The van der Waals surface area contributed by atoms with Gasteiger partial charge in [-0.3, -0.25) is 4.79 Å². The van der Waals surface area contributed by atoms with Crippen molar-refractivity contribution in [1.82, 2.24) is 0 Å². The van der Waals surface area contributed by atoms with Gasteiger partial charge >= 0.3 is 0 Å². The molecule has 0 unspecified atom stereocenters. The average Bonchev–Trinajstić information content (AvgIpc) is 3.52. The molecule has 2 heterocycles. The Kier molecular flexibility index (Phi) is 10.6. The molecule has 0 radical (unpaired) electrons. The molecule has 2 fully saturated rings. The number of carbonyl (C=O) groups excluding carboxylic acids is 1. The zero-order chi connectivity index (χ0) is 32.1. The molecule has 1 aromatic rings. The number of Topliss-reactive ketones (excluding diaryl/α,β-unsaturated/α-hetero) is 1. The first kappa shape index (κ1) is 34.9. The van der Waals surface area contributed by atoms with Crippen LogP contribution in [0.4, 0.5) is 0 Å². The summed E-state index contributed by atoms with van der Waals surface area (Å²) >= 11 is 0. The minimum Gasteiger partial charge on any atom is -0.415 e. The number of carbonyl (C=O) groups is 1. The molecule has 3 aliphatic rings. The van der Waals surface area contributed by atoms with Gasteiger partial charge in [0.15, 0.2) is 30.7 Å². The molecule has 242 valence electrons. The van der Waals surface area contributed by atoms with E-state index in [2.05, 4.69) is 91.8 Å². The summed E-state index contributed by atoms with van der Waals surface area (Å²) in [5.74, 6) is 0.702. The Hall–Kier alpha value is -0.919. The average molecular weight is 647 g/mol. The van der Waals surface area contributed by atoms with Crippen molar-refractivity contribution >= 4 is 30.7 Å².